The fraction of sp³-hybridized carbons (Fsp3) is 0.667. The minimum absolute atomic E-state index is 0.113. The Balaban J connectivity index is 2.54. The molecule has 1 heterocycles. The van der Waals surface area contributed by atoms with Crippen LogP contribution < -0.4 is 5.32 Å². The number of ether oxygens (including phenoxy) is 1. The standard InChI is InChI=1S/C12H21N3O2/c1-8(13-5-11(16)7-17-4)12-6-14-10(3)15-9(12)2/h6,8,11,13,16H,5,7H2,1-4H3. The van der Waals surface area contributed by atoms with Gasteiger partial charge in [-0.05, 0) is 20.8 Å². The minimum Gasteiger partial charge on any atom is -0.389 e. The molecule has 0 spiro atoms. The summed E-state index contributed by atoms with van der Waals surface area (Å²) in [7, 11) is 1.57. The molecule has 0 saturated heterocycles. The van der Waals surface area contributed by atoms with Gasteiger partial charge in [0, 0.05) is 37.2 Å². The Kier molecular flexibility index (Phi) is 5.47. The van der Waals surface area contributed by atoms with E-state index in [1.165, 1.54) is 0 Å². The van der Waals surface area contributed by atoms with Gasteiger partial charge in [0.25, 0.3) is 0 Å². The van der Waals surface area contributed by atoms with E-state index in [0.717, 1.165) is 17.1 Å². The molecule has 0 aliphatic carbocycles. The molecule has 2 atom stereocenters. The zero-order chi connectivity index (χ0) is 12.8. The van der Waals surface area contributed by atoms with E-state index >= 15 is 0 Å². The third kappa shape index (κ3) is 4.38. The summed E-state index contributed by atoms with van der Waals surface area (Å²) in [6.07, 6.45) is 1.34. The van der Waals surface area contributed by atoms with Crippen molar-refractivity contribution >= 4 is 0 Å². The van der Waals surface area contributed by atoms with Crippen LogP contribution in [0.5, 0.6) is 0 Å². The number of nitrogens with zero attached hydrogens (tertiary/aromatic N) is 2. The van der Waals surface area contributed by atoms with Gasteiger partial charge >= 0.3 is 0 Å². The first-order valence-corrected chi connectivity index (χ1v) is 5.75. The molecule has 17 heavy (non-hydrogen) atoms. The van der Waals surface area contributed by atoms with E-state index in [1.807, 2.05) is 27.0 Å². The number of rotatable bonds is 6. The molecule has 1 aromatic rings. The maximum atomic E-state index is 9.54. The van der Waals surface area contributed by atoms with Crippen LogP contribution in [0.25, 0.3) is 0 Å². The second-order valence-electron chi connectivity index (χ2n) is 4.20. The normalized spacial score (nSPS) is 14.6. The van der Waals surface area contributed by atoms with Crippen molar-refractivity contribution in [3.63, 3.8) is 0 Å². The summed E-state index contributed by atoms with van der Waals surface area (Å²) in [5.41, 5.74) is 2.03. The van der Waals surface area contributed by atoms with E-state index in [0.29, 0.717) is 13.2 Å². The Morgan fingerprint density at radius 2 is 2.18 bits per heavy atom. The van der Waals surface area contributed by atoms with Crippen molar-refractivity contribution in [1.82, 2.24) is 15.3 Å². The zero-order valence-electron chi connectivity index (χ0n) is 10.9. The zero-order valence-corrected chi connectivity index (χ0v) is 10.9. The highest BCUT2D eigenvalue weighted by atomic mass is 16.5. The quantitative estimate of drug-likeness (QED) is 0.767. The predicted molar refractivity (Wildman–Crippen MR) is 65.8 cm³/mol. The highest BCUT2D eigenvalue weighted by Crippen LogP contribution is 2.14. The SMILES string of the molecule is COCC(O)CNC(C)c1cnc(C)nc1C. The number of aryl methyl sites for hydroxylation is 2. The number of hydrogen-bond donors (Lipinski definition) is 2. The van der Waals surface area contributed by atoms with E-state index < -0.39 is 6.10 Å². The van der Waals surface area contributed by atoms with Crippen LogP contribution in [0.3, 0.4) is 0 Å². The van der Waals surface area contributed by atoms with Gasteiger partial charge in [-0.3, -0.25) is 0 Å². The fourth-order valence-electron chi connectivity index (χ4n) is 1.69. The van der Waals surface area contributed by atoms with Crippen molar-refractivity contribution in [2.24, 2.45) is 0 Å². The molecule has 0 amide bonds. The number of methoxy groups -OCH3 is 1. The molecule has 0 aromatic carbocycles. The Morgan fingerprint density at radius 1 is 1.47 bits per heavy atom. The molecule has 1 rings (SSSR count). The summed E-state index contributed by atoms with van der Waals surface area (Å²) in [5.74, 6) is 0.776. The summed E-state index contributed by atoms with van der Waals surface area (Å²) in [4.78, 5) is 8.51. The molecule has 5 heteroatoms. The van der Waals surface area contributed by atoms with Crippen LogP contribution in [0, 0.1) is 13.8 Å². The average Bonchev–Trinajstić information content (AvgIpc) is 2.26. The number of aliphatic hydroxyl groups is 1. The van der Waals surface area contributed by atoms with E-state index in [-0.39, 0.29) is 6.04 Å². The topological polar surface area (TPSA) is 67.3 Å². The number of aliphatic hydroxyl groups excluding tert-OH is 1. The molecule has 2 unspecified atom stereocenters. The molecule has 0 bridgehead atoms. The van der Waals surface area contributed by atoms with Gasteiger partial charge in [-0.2, -0.15) is 0 Å². The molecule has 0 saturated carbocycles. The third-order valence-corrected chi connectivity index (χ3v) is 2.62. The molecular formula is C12H21N3O2. The summed E-state index contributed by atoms with van der Waals surface area (Å²) >= 11 is 0. The van der Waals surface area contributed by atoms with Gasteiger partial charge < -0.3 is 15.2 Å². The first-order chi connectivity index (χ1) is 8.04. The van der Waals surface area contributed by atoms with Crippen LogP contribution in [0.4, 0.5) is 0 Å². The third-order valence-electron chi connectivity index (χ3n) is 2.62. The van der Waals surface area contributed by atoms with Crippen LogP contribution in [-0.4, -0.2) is 41.4 Å². The largest absolute Gasteiger partial charge is 0.389 e. The lowest BCUT2D eigenvalue weighted by Crippen LogP contribution is -2.32. The highest BCUT2D eigenvalue weighted by Gasteiger charge is 2.11. The molecule has 0 aliphatic rings. The van der Waals surface area contributed by atoms with Crippen molar-refractivity contribution < 1.29 is 9.84 Å². The van der Waals surface area contributed by atoms with Crippen LogP contribution in [0.1, 0.15) is 30.0 Å². The van der Waals surface area contributed by atoms with Crippen molar-refractivity contribution in [3.05, 3.63) is 23.3 Å². The van der Waals surface area contributed by atoms with E-state index in [9.17, 15) is 5.11 Å². The fourth-order valence-corrected chi connectivity index (χ4v) is 1.69. The van der Waals surface area contributed by atoms with Crippen LogP contribution in [0.15, 0.2) is 6.20 Å². The number of hydrogen-bond acceptors (Lipinski definition) is 5. The molecule has 0 fully saturated rings. The molecule has 5 nitrogen and oxygen atoms in total. The van der Waals surface area contributed by atoms with Gasteiger partial charge in [0.2, 0.25) is 0 Å². The maximum Gasteiger partial charge on any atom is 0.125 e. The van der Waals surface area contributed by atoms with Crippen LogP contribution in [-0.2, 0) is 4.74 Å². The molecule has 1 aromatic heterocycles. The van der Waals surface area contributed by atoms with Crippen molar-refractivity contribution in [1.29, 1.82) is 0 Å². The van der Waals surface area contributed by atoms with Gasteiger partial charge in [-0.25, -0.2) is 9.97 Å². The van der Waals surface area contributed by atoms with Gasteiger partial charge in [-0.15, -0.1) is 0 Å². The molecule has 2 N–H and O–H groups in total. The smallest absolute Gasteiger partial charge is 0.125 e. The van der Waals surface area contributed by atoms with Crippen LogP contribution in [0.2, 0.25) is 0 Å². The second-order valence-corrected chi connectivity index (χ2v) is 4.20. The van der Waals surface area contributed by atoms with Gasteiger partial charge in [0.1, 0.15) is 5.82 Å². The summed E-state index contributed by atoms with van der Waals surface area (Å²) < 4.78 is 4.87. The Labute approximate surface area is 102 Å². The lowest BCUT2D eigenvalue weighted by atomic mass is 10.1. The van der Waals surface area contributed by atoms with E-state index in [4.69, 9.17) is 4.74 Å². The molecule has 0 radical (unpaired) electrons. The van der Waals surface area contributed by atoms with E-state index in [1.54, 1.807) is 7.11 Å². The Hall–Kier alpha value is -1.04. The molecular weight excluding hydrogens is 218 g/mol. The van der Waals surface area contributed by atoms with Gasteiger partial charge in [0.05, 0.1) is 12.7 Å². The summed E-state index contributed by atoms with van der Waals surface area (Å²) in [6, 6.07) is 0.113. The molecule has 0 aliphatic heterocycles. The summed E-state index contributed by atoms with van der Waals surface area (Å²) in [6.45, 7) is 6.69. The first kappa shape index (κ1) is 14.0. The minimum atomic E-state index is -0.492. The Morgan fingerprint density at radius 3 is 2.76 bits per heavy atom. The van der Waals surface area contributed by atoms with Crippen molar-refractivity contribution in [2.75, 3.05) is 20.3 Å². The highest BCUT2D eigenvalue weighted by molar-refractivity contribution is 5.19. The van der Waals surface area contributed by atoms with Gasteiger partial charge in [-0.1, -0.05) is 0 Å². The lowest BCUT2D eigenvalue weighted by molar-refractivity contribution is 0.0630. The summed E-state index contributed by atoms with van der Waals surface area (Å²) in [5, 5.41) is 12.8. The second kappa shape index (κ2) is 6.64. The average molecular weight is 239 g/mol. The number of nitrogens with one attached hydrogen (secondary N) is 1. The van der Waals surface area contributed by atoms with Crippen molar-refractivity contribution in [2.45, 2.75) is 32.9 Å². The first-order valence-electron chi connectivity index (χ1n) is 5.75. The maximum absolute atomic E-state index is 9.54. The number of aromatic nitrogens is 2. The van der Waals surface area contributed by atoms with Crippen molar-refractivity contribution in [3.8, 4) is 0 Å². The van der Waals surface area contributed by atoms with E-state index in [2.05, 4.69) is 15.3 Å². The monoisotopic (exact) mass is 239 g/mol. The lowest BCUT2D eigenvalue weighted by Gasteiger charge is -2.18. The Bertz CT molecular complexity index is 358. The molecule has 96 valence electrons. The van der Waals surface area contributed by atoms with Gasteiger partial charge in [0.15, 0.2) is 0 Å². The predicted octanol–water partition coefficient (Wildman–Crippen LogP) is 0.751. The van der Waals surface area contributed by atoms with Crippen LogP contribution >= 0.6 is 0 Å².